The monoisotopic (exact) mass is 353 g/mol. The van der Waals surface area contributed by atoms with Crippen molar-refractivity contribution in [3.8, 4) is 0 Å². The average molecular weight is 353 g/mol. The van der Waals surface area contributed by atoms with Crippen molar-refractivity contribution in [1.82, 2.24) is 19.9 Å². The van der Waals surface area contributed by atoms with Gasteiger partial charge in [0.25, 0.3) is 5.91 Å². The molecule has 0 aromatic carbocycles. The fourth-order valence-electron chi connectivity index (χ4n) is 3.76. The number of rotatable bonds is 4. The van der Waals surface area contributed by atoms with Gasteiger partial charge >= 0.3 is 0 Å². The van der Waals surface area contributed by atoms with Crippen LogP contribution in [0.4, 0.5) is 5.82 Å². The summed E-state index contributed by atoms with van der Waals surface area (Å²) >= 11 is 0. The molecule has 136 valence electrons. The normalized spacial score (nSPS) is 22.8. The van der Waals surface area contributed by atoms with Crippen LogP contribution in [0.15, 0.2) is 36.9 Å². The lowest BCUT2D eigenvalue weighted by molar-refractivity contribution is 0.0786. The van der Waals surface area contributed by atoms with Crippen molar-refractivity contribution in [1.29, 1.82) is 0 Å². The van der Waals surface area contributed by atoms with Crippen LogP contribution in [0.5, 0.6) is 0 Å². The Labute approximate surface area is 152 Å². The first-order chi connectivity index (χ1) is 12.7. The summed E-state index contributed by atoms with van der Waals surface area (Å²) in [5.41, 5.74) is 1.55. The number of carbonyl (C=O) groups is 1. The molecule has 26 heavy (non-hydrogen) atoms. The highest BCUT2D eigenvalue weighted by Gasteiger charge is 2.32. The summed E-state index contributed by atoms with van der Waals surface area (Å²) in [6.07, 6.45) is 9.21. The molecule has 0 aliphatic carbocycles. The summed E-state index contributed by atoms with van der Waals surface area (Å²) in [7, 11) is 0. The second-order valence-corrected chi connectivity index (χ2v) is 7.05. The van der Waals surface area contributed by atoms with Gasteiger partial charge in [-0.3, -0.25) is 14.8 Å². The smallest absolute Gasteiger partial charge is 0.274 e. The SMILES string of the molecule is O=C(c1cncc(N2C[C@@H](Cc3ccncc3)[C@H](O)C2)n1)N1CCCC1. The molecule has 2 aromatic rings. The number of anilines is 1. The molecule has 2 saturated heterocycles. The Kier molecular flexibility index (Phi) is 4.79. The summed E-state index contributed by atoms with van der Waals surface area (Å²) in [6, 6.07) is 3.95. The fraction of sp³-hybridized carbons (Fsp3) is 0.474. The lowest BCUT2D eigenvalue weighted by atomic mass is 9.97. The van der Waals surface area contributed by atoms with Crippen LogP contribution in [-0.2, 0) is 6.42 Å². The highest BCUT2D eigenvalue weighted by atomic mass is 16.3. The molecular formula is C19H23N5O2. The van der Waals surface area contributed by atoms with Gasteiger partial charge in [-0.1, -0.05) is 0 Å². The number of β-amino-alcohol motifs (C(OH)–C–C–N with tert-alkyl or cyclic N) is 1. The Bertz CT molecular complexity index is 764. The molecule has 0 saturated carbocycles. The van der Waals surface area contributed by atoms with Crippen LogP contribution in [0.2, 0.25) is 0 Å². The second-order valence-electron chi connectivity index (χ2n) is 7.05. The van der Waals surface area contributed by atoms with Crippen LogP contribution < -0.4 is 4.90 Å². The maximum absolute atomic E-state index is 12.5. The number of hydrogen-bond donors (Lipinski definition) is 1. The molecule has 0 radical (unpaired) electrons. The highest BCUT2D eigenvalue weighted by molar-refractivity contribution is 5.92. The number of carbonyl (C=O) groups excluding carboxylic acids is 1. The standard InChI is InChI=1S/C19H23N5O2/c25-17-13-24(12-15(17)9-14-3-5-20-6-4-14)18-11-21-10-16(22-18)19(26)23-7-1-2-8-23/h3-6,10-11,15,17,25H,1-2,7-9,12-13H2/t15-,17-/m1/s1. The first kappa shape index (κ1) is 16.9. The minimum Gasteiger partial charge on any atom is -0.391 e. The number of hydrogen-bond acceptors (Lipinski definition) is 6. The van der Waals surface area contributed by atoms with Gasteiger partial charge in [0.1, 0.15) is 11.5 Å². The molecule has 0 spiro atoms. The molecule has 1 amide bonds. The Balaban J connectivity index is 1.46. The number of nitrogens with zero attached hydrogens (tertiary/aromatic N) is 5. The topological polar surface area (TPSA) is 82.5 Å². The molecule has 2 fully saturated rings. The predicted molar refractivity (Wildman–Crippen MR) is 96.8 cm³/mol. The third-order valence-corrected chi connectivity index (χ3v) is 5.21. The van der Waals surface area contributed by atoms with E-state index in [-0.39, 0.29) is 11.8 Å². The lowest BCUT2D eigenvalue weighted by Crippen LogP contribution is -2.29. The number of aliphatic hydroxyl groups is 1. The molecule has 2 atom stereocenters. The zero-order chi connectivity index (χ0) is 17.9. The van der Waals surface area contributed by atoms with E-state index in [1.54, 1.807) is 18.6 Å². The van der Waals surface area contributed by atoms with Crippen molar-refractivity contribution >= 4 is 11.7 Å². The number of amides is 1. The van der Waals surface area contributed by atoms with Crippen LogP contribution in [0.3, 0.4) is 0 Å². The Morgan fingerprint density at radius 1 is 1.12 bits per heavy atom. The Morgan fingerprint density at radius 2 is 1.88 bits per heavy atom. The van der Waals surface area contributed by atoms with E-state index in [4.69, 9.17) is 0 Å². The van der Waals surface area contributed by atoms with E-state index < -0.39 is 6.10 Å². The number of aromatic nitrogens is 3. The average Bonchev–Trinajstić information content (AvgIpc) is 3.33. The maximum Gasteiger partial charge on any atom is 0.274 e. The molecule has 7 heteroatoms. The first-order valence-electron chi connectivity index (χ1n) is 9.14. The van der Waals surface area contributed by atoms with Crippen LogP contribution in [-0.4, -0.2) is 63.1 Å². The van der Waals surface area contributed by atoms with Crippen LogP contribution >= 0.6 is 0 Å². The number of aliphatic hydroxyl groups excluding tert-OH is 1. The quantitative estimate of drug-likeness (QED) is 0.888. The minimum absolute atomic E-state index is 0.0510. The van der Waals surface area contributed by atoms with Crippen molar-refractivity contribution in [3.63, 3.8) is 0 Å². The molecule has 2 aliphatic rings. The largest absolute Gasteiger partial charge is 0.391 e. The van der Waals surface area contributed by atoms with Crippen molar-refractivity contribution in [2.24, 2.45) is 5.92 Å². The van der Waals surface area contributed by atoms with Gasteiger partial charge in [-0.15, -0.1) is 0 Å². The van der Waals surface area contributed by atoms with Gasteiger partial charge in [-0.25, -0.2) is 4.98 Å². The van der Waals surface area contributed by atoms with Crippen LogP contribution in [0.1, 0.15) is 28.9 Å². The number of likely N-dealkylation sites (tertiary alicyclic amines) is 1. The third kappa shape index (κ3) is 3.53. The Hall–Kier alpha value is -2.54. The van der Waals surface area contributed by atoms with Crippen molar-refractivity contribution in [2.45, 2.75) is 25.4 Å². The van der Waals surface area contributed by atoms with Gasteiger partial charge in [-0.05, 0) is 37.0 Å². The van der Waals surface area contributed by atoms with Crippen LogP contribution in [0.25, 0.3) is 0 Å². The summed E-state index contributed by atoms with van der Waals surface area (Å²) in [6.45, 7) is 2.79. The van der Waals surface area contributed by atoms with Crippen LogP contribution in [0, 0.1) is 5.92 Å². The van der Waals surface area contributed by atoms with Crippen molar-refractivity contribution < 1.29 is 9.90 Å². The third-order valence-electron chi connectivity index (χ3n) is 5.21. The molecule has 0 bridgehead atoms. The molecule has 1 N–H and O–H groups in total. The van der Waals surface area contributed by atoms with Gasteiger partial charge in [-0.2, -0.15) is 0 Å². The summed E-state index contributed by atoms with van der Waals surface area (Å²) in [5, 5.41) is 10.5. The lowest BCUT2D eigenvalue weighted by Gasteiger charge is -2.19. The zero-order valence-corrected chi connectivity index (χ0v) is 14.7. The molecule has 4 rings (SSSR count). The molecular weight excluding hydrogens is 330 g/mol. The molecule has 4 heterocycles. The molecule has 7 nitrogen and oxygen atoms in total. The van der Waals surface area contributed by atoms with Crippen molar-refractivity contribution in [2.75, 3.05) is 31.1 Å². The molecule has 2 aromatic heterocycles. The van der Waals surface area contributed by atoms with E-state index in [2.05, 4.69) is 15.0 Å². The summed E-state index contributed by atoms with van der Waals surface area (Å²) < 4.78 is 0. The highest BCUT2D eigenvalue weighted by Crippen LogP contribution is 2.25. The van der Waals surface area contributed by atoms with E-state index >= 15 is 0 Å². The van der Waals surface area contributed by atoms with E-state index in [9.17, 15) is 9.90 Å². The molecule has 0 unspecified atom stereocenters. The molecule has 2 aliphatic heterocycles. The first-order valence-corrected chi connectivity index (χ1v) is 9.14. The van der Waals surface area contributed by atoms with E-state index in [1.807, 2.05) is 21.9 Å². The van der Waals surface area contributed by atoms with Gasteiger partial charge in [0.05, 0.1) is 18.5 Å². The Morgan fingerprint density at radius 3 is 2.65 bits per heavy atom. The minimum atomic E-state index is -0.428. The van der Waals surface area contributed by atoms with Crippen molar-refractivity contribution in [3.05, 3.63) is 48.2 Å². The maximum atomic E-state index is 12.5. The second kappa shape index (κ2) is 7.37. The fourth-order valence-corrected chi connectivity index (χ4v) is 3.76. The summed E-state index contributed by atoms with van der Waals surface area (Å²) in [4.78, 5) is 29.2. The van der Waals surface area contributed by atoms with Gasteiger partial charge in [0.15, 0.2) is 0 Å². The zero-order valence-electron chi connectivity index (χ0n) is 14.7. The van der Waals surface area contributed by atoms with E-state index in [0.29, 0.717) is 24.6 Å². The van der Waals surface area contributed by atoms with E-state index in [1.165, 1.54) is 6.20 Å². The van der Waals surface area contributed by atoms with Gasteiger partial charge in [0.2, 0.25) is 0 Å². The van der Waals surface area contributed by atoms with Gasteiger partial charge in [0, 0.05) is 44.5 Å². The summed E-state index contributed by atoms with van der Waals surface area (Å²) in [5.74, 6) is 0.730. The van der Waals surface area contributed by atoms with E-state index in [0.717, 1.165) is 37.9 Å². The number of pyridine rings is 1. The van der Waals surface area contributed by atoms with Gasteiger partial charge < -0.3 is 14.9 Å². The predicted octanol–water partition coefficient (Wildman–Crippen LogP) is 1.15.